The van der Waals surface area contributed by atoms with Crippen molar-refractivity contribution >= 4 is 11.6 Å². The van der Waals surface area contributed by atoms with Crippen LogP contribution in [0.5, 0.6) is 5.75 Å². The van der Waals surface area contributed by atoms with Crippen LogP contribution in [-0.2, 0) is 11.3 Å². The fraction of sp³-hybridized carbons (Fsp3) is 0.316. The van der Waals surface area contributed by atoms with E-state index in [1.807, 2.05) is 0 Å². The van der Waals surface area contributed by atoms with E-state index in [9.17, 15) is 19.3 Å². The van der Waals surface area contributed by atoms with Gasteiger partial charge in [0, 0.05) is 44.9 Å². The normalized spacial score (nSPS) is 14.8. The number of hydrogen-bond donors (Lipinski definition) is 0. The first-order chi connectivity index (χ1) is 13.0. The minimum absolute atomic E-state index is 0.0754. The van der Waals surface area contributed by atoms with E-state index in [2.05, 4.69) is 4.90 Å². The second-order valence-corrected chi connectivity index (χ2v) is 6.32. The Morgan fingerprint density at radius 1 is 1.04 bits per heavy atom. The van der Waals surface area contributed by atoms with E-state index in [4.69, 9.17) is 4.74 Å². The van der Waals surface area contributed by atoms with Crippen molar-refractivity contribution in [3.8, 4) is 5.75 Å². The van der Waals surface area contributed by atoms with Crippen LogP contribution in [0.15, 0.2) is 48.5 Å². The number of carbonyl (C=O) groups is 1. The summed E-state index contributed by atoms with van der Waals surface area (Å²) in [4.78, 5) is 26.5. The summed E-state index contributed by atoms with van der Waals surface area (Å²) < 4.78 is 18.3. The lowest BCUT2D eigenvalue weighted by Gasteiger charge is -2.34. The van der Waals surface area contributed by atoms with Gasteiger partial charge < -0.3 is 9.64 Å². The van der Waals surface area contributed by atoms with Crippen molar-refractivity contribution in [1.82, 2.24) is 9.80 Å². The molecule has 0 radical (unpaired) electrons. The van der Waals surface area contributed by atoms with E-state index in [0.29, 0.717) is 25.4 Å². The first-order valence-corrected chi connectivity index (χ1v) is 8.63. The van der Waals surface area contributed by atoms with Crippen LogP contribution in [0.2, 0.25) is 0 Å². The molecular formula is C19H20FN3O4. The van der Waals surface area contributed by atoms with Crippen molar-refractivity contribution in [2.75, 3.05) is 32.8 Å². The average Bonchev–Trinajstić information content (AvgIpc) is 2.68. The summed E-state index contributed by atoms with van der Waals surface area (Å²) >= 11 is 0. The molecule has 0 N–H and O–H groups in total. The third kappa shape index (κ3) is 5.24. The molecule has 0 aromatic heterocycles. The van der Waals surface area contributed by atoms with Crippen LogP contribution in [0.25, 0.3) is 0 Å². The summed E-state index contributed by atoms with van der Waals surface area (Å²) in [5.74, 6) is 0.00804. The van der Waals surface area contributed by atoms with Crippen LogP contribution in [0, 0.1) is 15.9 Å². The zero-order chi connectivity index (χ0) is 19.2. The third-order valence-corrected chi connectivity index (χ3v) is 4.45. The SMILES string of the molecule is O=C(COc1ccc(F)cc1)N1CCN(Cc2ccc([N+](=O)[O-])cc2)CC1. The number of ether oxygens (including phenoxy) is 1. The predicted molar refractivity (Wildman–Crippen MR) is 96.8 cm³/mol. The van der Waals surface area contributed by atoms with Gasteiger partial charge in [0.2, 0.25) is 0 Å². The number of amides is 1. The maximum Gasteiger partial charge on any atom is 0.269 e. The summed E-state index contributed by atoms with van der Waals surface area (Å²) in [6.45, 7) is 3.25. The van der Waals surface area contributed by atoms with Gasteiger partial charge in [0.25, 0.3) is 11.6 Å². The van der Waals surface area contributed by atoms with Crippen LogP contribution in [-0.4, -0.2) is 53.4 Å². The molecule has 7 nitrogen and oxygen atoms in total. The van der Waals surface area contributed by atoms with Gasteiger partial charge in [0.15, 0.2) is 6.61 Å². The first-order valence-electron chi connectivity index (χ1n) is 8.63. The van der Waals surface area contributed by atoms with Crippen LogP contribution >= 0.6 is 0 Å². The molecule has 0 spiro atoms. The number of halogens is 1. The number of piperazine rings is 1. The van der Waals surface area contributed by atoms with Crippen molar-refractivity contribution in [3.63, 3.8) is 0 Å². The molecule has 1 aliphatic heterocycles. The molecule has 0 bridgehead atoms. The maximum atomic E-state index is 12.9. The lowest BCUT2D eigenvalue weighted by atomic mass is 10.2. The van der Waals surface area contributed by atoms with Crippen molar-refractivity contribution in [2.24, 2.45) is 0 Å². The molecule has 27 heavy (non-hydrogen) atoms. The fourth-order valence-electron chi connectivity index (χ4n) is 2.90. The summed E-state index contributed by atoms with van der Waals surface area (Å²) in [7, 11) is 0. The van der Waals surface area contributed by atoms with E-state index in [-0.39, 0.29) is 24.0 Å². The number of rotatable bonds is 6. The molecule has 2 aromatic rings. The van der Waals surface area contributed by atoms with E-state index < -0.39 is 4.92 Å². The second-order valence-electron chi connectivity index (χ2n) is 6.32. The highest BCUT2D eigenvalue weighted by molar-refractivity contribution is 5.77. The van der Waals surface area contributed by atoms with Crippen molar-refractivity contribution < 1.29 is 18.8 Å². The zero-order valence-corrected chi connectivity index (χ0v) is 14.7. The minimum Gasteiger partial charge on any atom is -0.484 e. The highest BCUT2D eigenvalue weighted by Crippen LogP contribution is 2.15. The Bertz CT molecular complexity index is 788. The summed E-state index contributed by atoms with van der Waals surface area (Å²) in [6, 6.07) is 12.1. The Morgan fingerprint density at radius 2 is 1.67 bits per heavy atom. The van der Waals surface area contributed by atoms with Crippen molar-refractivity contribution in [1.29, 1.82) is 0 Å². The first kappa shape index (κ1) is 18.8. The largest absolute Gasteiger partial charge is 0.484 e. The molecule has 2 aromatic carbocycles. The molecule has 0 unspecified atom stereocenters. The Balaban J connectivity index is 1.43. The molecule has 142 valence electrons. The lowest BCUT2D eigenvalue weighted by molar-refractivity contribution is -0.384. The lowest BCUT2D eigenvalue weighted by Crippen LogP contribution is -2.49. The number of non-ortho nitro benzene ring substituents is 1. The molecule has 3 rings (SSSR count). The van der Waals surface area contributed by atoms with Gasteiger partial charge in [-0.05, 0) is 29.8 Å². The van der Waals surface area contributed by atoms with E-state index in [1.165, 1.54) is 36.4 Å². The van der Waals surface area contributed by atoms with Gasteiger partial charge in [-0.3, -0.25) is 19.8 Å². The van der Waals surface area contributed by atoms with Crippen LogP contribution in [0.3, 0.4) is 0 Å². The molecule has 1 heterocycles. The monoisotopic (exact) mass is 373 g/mol. The van der Waals surface area contributed by atoms with E-state index >= 15 is 0 Å². The number of hydrogen-bond acceptors (Lipinski definition) is 5. The minimum atomic E-state index is -0.415. The molecule has 8 heteroatoms. The Morgan fingerprint density at radius 3 is 2.26 bits per heavy atom. The number of benzene rings is 2. The molecule has 1 aliphatic rings. The third-order valence-electron chi connectivity index (χ3n) is 4.45. The van der Waals surface area contributed by atoms with Gasteiger partial charge in [-0.15, -0.1) is 0 Å². The number of nitrogens with zero attached hydrogens (tertiary/aromatic N) is 3. The number of nitro groups is 1. The van der Waals surface area contributed by atoms with Gasteiger partial charge in [-0.2, -0.15) is 0 Å². The molecule has 1 fully saturated rings. The topological polar surface area (TPSA) is 75.9 Å². The Labute approximate surface area is 156 Å². The van der Waals surface area contributed by atoms with Gasteiger partial charge in [-0.1, -0.05) is 12.1 Å². The number of carbonyl (C=O) groups excluding carboxylic acids is 1. The number of nitro benzene ring substituents is 1. The zero-order valence-electron chi connectivity index (χ0n) is 14.7. The second kappa shape index (κ2) is 8.59. The molecule has 0 saturated carbocycles. The Hall–Kier alpha value is -3.00. The van der Waals surface area contributed by atoms with E-state index in [1.54, 1.807) is 17.0 Å². The molecular weight excluding hydrogens is 353 g/mol. The molecule has 0 aliphatic carbocycles. The van der Waals surface area contributed by atoms with Crippen LogP contribution in [0.1, 0.15) is 5.56 Å². The van der Waals surface area contributed by atoms with Crippen molar-refractivity contribution in [3.05, 3.63) is 70.0 Å². The van der Waals surface area contributed by atoms with Gasteiger partial charge in [0.05, 0.1) is 4.92 Å². The standard InChI is InChI=1S/C19H20FN3O4/c20-16-3-7-18(8-4-16)27-14-19(24)22-11-9-21(10-12-22)13-15-1-5-17(6-2-15)23(25)26/h1-8H,9-14H2. The van der Waals surface area contributed by atoms with Crippen LogP contribution < -0.4 is 4.74 Å². The average molecular weight is 373 g/mol. The van der Waals surface area contributed by atoms with Gasteiger partial charge in [0.1, 0.15) is 11.6 Å². The van der Waals surface area contributed by atoms with Gasteiger partial charge >= 0.3 is 0 Å². The fourth-order valence-corrected chi connectivity index (χ4v) is 2.90. The summed E-state index contributed by atoms with van der Waals surface area (Å²) in [5, 5.41) is 10.7. The van der Waals surface area contributed by atoms with Crippen LogP contribution in [0.4, 0.5) is 10.1 Å². The quantitative estimate of drug-likeness (QED) is 0.574. The predicted octanol–water partition coefficient (Wildman–Crippen LogP) is 2.46. The molecule has 0 atom stereocenters. The van der Waals surface area contributed by atoms with E-state index in [0.717, 1.165) is 18.7 Å². The highest BCUT2D eigenvalue weighted by Gasteiger charge is 2.21. The van der Waals surface area contributed by atoms with Crippen molar-refractivity contribution in [2.45, 2.75) is 6.54 Å². The summed E-state index contributed by atoms with van der Waals surface area (Å²) in [5.41, 5.74) is 1.08. The Kier molecular flexibility index (Phi) is 5.97. The molecule has 1 saturated heterocycles. The maximum absolute atomic E-state index is 12.9. The molecule has 1 amide bonds. The summed E-state index contributed by atoms with van der Waals surface area (Å²) in [6.07, 6.45) is 0. The smallest absolute Gasteiger partial charge is 0.269 e. The van der Waals surface area contributed by atoms with Gasteiger partial charge in [-0.25, -0.2) is 4.39 Å². The highest BCUT2D eigenvalue weighted by atomic mass is 19.1.